The van der Waals surface area contributed by atoms with Gasteiger partial charge in [0, 0.05) is 24.0 Å². The Bertz CT molecular complexity index is 701. The standard InChI is InChI=1S/C17H18N2O3/c1-2-22-12-8-6-11(7-9-12)19-17(21)13-10-18-14-4-3-5-15(20)16(13)14/h6-10,18H,2-5H2,1H3,(H,19,21). The molecule has 22 heavy (non-hydrogen) atoms. The summed E-state index contributed by atoms with van der Waals surface area (Å²) in [6, 6.07) is 7.17. The summed E-state index contributed by atoms with van der Waals surface area (Å²) in [6.07, 6.45) is 3.79. The van der Waals surface area contributed by atoms with E-state index in [1.54, 1.807) is 30.5 Å². The number of carbonyl (C=O) groups excluding carboxylic acids is 2. The van der Waals surface area contributed by atoms with Gasteiger partial charge in [-0.05, 0) is 44.0 Å². The van der Waals surface area contributed by atoms with E-state index < -0.39 is 0 Å². The van der Waals surface area contributed by atoms with Gasteiger partial charge in [-0.3, -0.25) is 9.59 Å². The maximum Gasteiger partial charge on any atom is 0.257 e. The highest BCUT2D eigenvalue weighted by Gasteiger charge is 2.25. The largest absolute Gasteiger partial charge is 0.494 e. The van der Waals surface area contributed by atoms with Gasteiger partial charge in [0.1, 0.15) is 5.75 Å². The molecule has 1 aromatic carbocycles. The summed E-state index contributed by atoms with van der Waals surface area (Å²) in [4.78, 5) is 27.5. The fourth-order valence-electron chi connectivity index (χ4n) is 2.71. The van der Waals surface area contributed by atoms with Crippen LogP contribution in [0.1, 0.15) is 46.2 Å². The van der Waals surface area contributed by atoms with Gasteiger partial charge in [-0.15, -0.1) is 0 Å². The lowest BCUT2D eigenvalue weighted by molar-refractivity contribution is 0.0956. The van der Waals surface area contributed by atoms with Crippen molar-refractivity contribution in [3.8, 4) is 5.75 Å². The highest BCUT2D eigenvalue weighted by atomic mass is 16.5. The van der Waals surface area contributed by atoms with Gasteiger partial charge in [0.2, 0.25) is 0 Å². The Labute approximate surface area is 128 Å². The minimum atomic E-state index is -0.267. The number of carbonyl (C=O) groups is 2. The topological polar surface area (TPSA) is 71.2 Å². The van der Waals surface area contributed by atoms with Crippen LogP contribution >= 0.6 is 0 Å². The number of hydrogen-bond donors (Lipinski definition) is 2. The minimum Gasteiger partial charge on any atom is -0.494 e. The smallest absolute Gasteiger partial charge is 0.257 e. The summed E-state index contributed by atoms with van der Waals surface area (Å²) in [5.74, 6) is 0.533. The summed E-state index contributed by atoms with van der Waals surface area (Å²) in [7, 11) is 0. The van der Waals surface area contributed by atoms with Crippen molar-refractivity contribution in [2.75, 3.05) is 11.9 Å². The van der Waals surface area contributed by atoms with Gasteiger partial charge in [-0.25, -0.2) is 0 Å². The predicted molar refractivity (Wildman–Crippen MR) is 83.6 cm³/mol. The molecule has 2 aromatic rings. The first-order valence-corrected chi connectivity index (χ1v) is 7.46. The summed E-state index contributed by atoms with van der Waals surface area (Å²) in [5.41, 5.74) is 2.52. The van der Waals surface area contributed by atoms with Crippen molar-refractivity contribution in [2.45, 2.75) is 26.2 Å². The number of ether oxygens (including phenoxy) is 1. The van der Waals surface area contributed by atoms with Gasteiger partial charge in [0.25, 0.3) is 5.91 Å². The van der Waals surface area contributed by atoms with Crippen molar-refractivity contribution in [2.24, 2.45) is 0 Å². The first-order valence-electron chi connectivity index (χ1n) is 7.46. The number of aryl methyl sites for hydroxylation is 1. The van der Waals surface area contributed by atoms with Crippen molar-refractivity contribution in [3.05, 3.63) is 47.3 Å². The molecule has 5 heteroatoms. The number of rotatable bonds is 4. The number of ketones is 1. The van der Waals surface area contributed by atoms with Crippen molar-refractivity contribution >= 4 is 17.4 Å². The minimum absolute atomic E-state index is 0.0411. The average molecular weight is 298 g/mol. The number of aromatic amines is 1. The van der Waals surface area contributed by atoms with Crippen molar-refractivity contribution in [1.29, 1.82) is 0 Å². The lowest BCUT2D eigenvalue weighted by atomic mass is 9.93. The molecule has 1 heterocycles. The third-order valence-corrected chi connectivity index (χ3v) is 3.74. The molecule has 0 radical (unpaired) electrons. The molecule has 0 aliphatic heterocycles. The van der Waals surface area contributed by atoms with E-state index in [-0.39, 0.29) is 11.7 Å². The second-order valence-corrected chi connectivity index (χ2v) is 5.24. The second kappa shape index (κ2) is 6.05. The third kappa shape index (κ3) is 2.74. The summed E-state index contributed by atoms with van der Waals surface area (Å²) in [6.45, 7) is 2.52. The zero-order chi connectivity index (χ0) is 15.5. The highest BCUT2D eigenvalue weighted by Crippen LogP contribution is 2.25. The maximum atomic E-state index is 12.4. The van der Waals surface area contributed by atoms with Crippen LogP contribution in [-0.4, -0.2) is 23.3 Å². The molecule has 0 bridgehead atoms. The second-order valence-electron chi connectivity index (χ2n) is 5.24. The molecule has 0 unspecified atom stereocenters. The molecular weight excluding hydrogens is 280 g/mol. The Morgan fingerprint density at radius 2 is 2.05 bits per heavy atom. The number of amides is 1. The molecule has 1 aromatic heterocycles. The normalized spacial score (nSPS) is 13.6. The van der Waals surface area contributed by atoms with Crippen LogP contribution in [0.4, 0.5) is 5.69 Å². The van der Waals surface area contributed by atoms with Crippen LogP contribution in [0.2, 0.25) is 0 Å². The Kier molecular flexibility index (Phi) is 3.96. The van der Waals surface area contributed by atoms with Crippen LogP contribution in [0.5, 0.6) is 5.75 Å². The lowest BCUT2D eigenvalue weighted by Gasteiger charge is -2.12. The van der Waals surface area contributed by atoms with Gasteiger partial charge >= 0.3 is 0 Å². The van der Waals surface area contributed by atoms with Crippen LogP contribution < -0.4 is 10.1 Å². The number of fused-ring (bicyclic) bond motifs is 1. The molecule has 1 aliphatic rings. The van der Waals surface area contributed by atoms with Crippen molar-refractivity contribution < 1.29 is 14.3 Å². The summed E-state index contributed by atoms with van der Waals surface area (Å²) < 4.78 is 5.36. The molecule has 1 amide bonds. The monoisotopic (exact) mass is 298 g/mol. The molecule has 0 spiro atoms. The van der Waals surface area contributed by atoms with E-state index in [0.717, 1.165) is 24.3 Å². The van der Waals surface area contributed by atoms with Crippen LogP contribution in [0.25, 0.3) is 0 Å². The van der Waals surface area contributed by atoms with Crippen molar-refractivity contribution in [1.82, 2.24) is 4.98 Å². The third-order valence-electron chi connectivity index (χ3n) is 3.74. The number of Topliss-reactive ketones (excluding diaryl/α,β-unsaturated/α-hetero) is 1. The molecule has 1 aliphatic carbocycles. The van der Waals surface area contributed by atoms with E-state index in [1.807, 2.05) is 6.92 Å². The van der Waals surface area contributed by atoms with Crippen molar-refractivity contribution in [3.63, 3.8) is 0 Å². The molecule has 114 valence electrons. The Morgan fingerprint density at radius 1 is 1.27 bits per heavy atom. The fraction of sp³-hybridized carbons (Fsp3) is 0.294. The Morgan fingerprint density at radius 3 is 2.77 bits per heavy atom. The van der Waals surface area contributed by atoms with E-state index >= 15 is 0 Å². The maximum absolute atomic E-state index is 12.4. The summed E-state index contributed by atoms with van der Waals surface area (Å²) in [5, 5.41) is 2.82. The average Bonchev–Trinajstić information content (AvgIpc) is 2.95. The number of H-pyrrole nitrogens is 1. The molecule has 0 saturated carbocycles. The predicted octanol–water partition coefficient (Wildman–Crippen LogP) is 3.18. The first kappa shape index (κ1) is 14.4. The number of aromatic nitrogens is 1. The zero-order valence-corrected chi connectivity index (χ0v) is 12.4. The van der Waals surface area contributed by atoms with Gasteiger partial charge < -0.3 is 15.0 Å². The SMILES string of the molecule is CCOc1ccc(NC(=O)c2c[nH]c3c2C(=O)CCC3)cc1. The Balaban J connectivity index is 1.77. The summed E-state index contributed by atoms with van der Waals surface area (Å²) >= 11 is 0. The zero-order valence-electron chi connectivity index (χ0n) is 12.4. The van der Waals surface area contributed by atoms with Crippen LogP contribution in [0.15, 0.2) is 30.5 Å². The molecule has 2 N–H and O–H groups in total. The van der Waals surface area contributed by atoms with Gasteiger partial charge in [0.15, 0.2) is 5.78 Å². The molecular formula is C17H18N2O3. The van der Waals surface area contributed by atoms with Gasteiger partial charge in [-0.1, -0.05) is 0 Å². The van der Waals surface area contributed by atoms with Crippen LogP contribution in [-0.2, 0) is 6.42 Å². The van der Waals surface area contributed by atoms with E-state index in [9.17, 15) is 9.59 Å². The van der Waals surface area contributed by atoms with E-state index in [4.69, 9.17) is 4.74 Å². The van der Waals surface area contributed by atoms with E-state index in [0.29, 0.717) is 29.8 Å². The number of anilines is 1. The first-order chi connectivity index (χ1) is 10.7. The van der Waals surface area contributed by atoms with Gasteiger partial charge in [-0.2, -0.15) is 0 Å². The van der Waals surface area contributed by atoms with Crippen LogP contribution in [0, 0.1) is 0 Å². The van der Waals surface area contributed by atoms with E-state index in [2.05, 4.69) is 10.3 Å². The molecule has 3 rings (SSSR count). The molecule has 0 atom stereocenters. The number of hydrogen-bond acceptors (Lipinski definition) is 3. The quantitative estimate of drug-likeness (QED) is 0.910. The number of nitrogens with one attached hydrogen (secondary N) is 2. The fourth-order valence-corrected chi connectivity index (χ4v) is 2.71. The lowest BCUT2D eigenvalue weighted by Crippen LogP contribution is -2.17. The van der Waals surface area contributed by atoms with E-state index in [1.165, 1.54) is 0 Å². The molecule has 0 fully saturated rings. The molecule has 5 nitrogen and oxygen atoms in total. The molecule has 0 saturated heterocycles. The number of benzene rings is 1. The highest BCUT2D eigenvalue weighted by molar-refractivity contribution is 6.13. The Hall–Kier alpha value is -2.56. The van der Waals surface area contributed by atoms with Crippen LogP contribution in [0.3, 0.4) is 0 Å². The van der Waals surface area contributed by atoms with Gasteiger partial charge in [0.05, 0.1) is 17.7 Å².